The summed E-state index contributed by atoms with van der Waals surface area (Å²) in [5.41, 5.74) is 1.19. The van der Waals surface area contributed by atoms with E-state index in [9.17, 15) is 9.18 Å². The van der Waals surface area contributed by atoms with Crippen molar-refractivity contribution in [3.8, 4) is 11.1 Å². The third kappa shape index (κ3) is 2.62. The Kier molecular flexibility index (Phi) is 3.58. The number of piperidine rings is 1. The zero-order valence-electron chi connectivity index (χ0n) is 12.4. The molecule has 1 aliphatic carbocycles. The summed E-state index contributed by atoms with van der Waals surface area (Å²) in [6.45, 7) is 0.880. The molecule has 1 heterocycles. The first kappa shape index (κ1) is 14.7. The van der Waals surface area contributed by atoms with E-state index in [1.807, 2.05) is 6.07 Å². The first-order valence-corrected chi connectivity index (χ1v) is 8.10. The molecule has 0 radical (unpaired) electrons. The molecule has 0 spiro atoms. The van der Waals surface area contributed by atoms with Gasteiger partial charge in [-0.2, -0.15) is 0 Å². The topological polar surface area (TPSA) is 41.1 Å². The van der Waals surface area contributed by atoms with Gasteiger partial charge in [-0.15, -0.1) is 0 Å². The zero-order chi connectivity index (χ0) is 16.0. The van der Waals surface area contributed by atoms with Crippen LogP contribution in [0.3, 0.4) is 0 Å². The van der Waals surface area contributed by atoms with Crippen LogP contribution in [0.5, 0.6) is 0 Å². The predicted octanol–water partition coefficient (Wildman–Crippen LogP) is 3.69. The Morgan fingerprint density at radius 3 is 2.65 bits per heavy atom. The van der Waals surface area contributed by atoms with Crippen LogP contribution in [0.2, 0.25) is 5.02 Å². The van der Waals surface area contributed by atoms with Crippen molar-refractivity contribution in [2.24, 2.45) is 11.8 Å². The third-order valence-corrected chi connectivity index (χ3v) is 5.04. The van der Waals surface area contributed by atoms with Gasteiger partial charge >= 0.3 is 0 Å². The number of carbonyl (C=O) groups excluding carboxylic acids is 1. The smallest absolute Gasteiger partial charge is 0.241 e. The molecule has 3 nitrogen and oxygen atoms in total. The molecular weight excluding hydrogens is 315 g/mol. The molecule has 1 saturated carbocycles. The van der Waals surface area contributed by atoms with Crippen molar-refractivity contribution in [2.45, 2.75) is 12.5 Å². The summed E-state index contributed by atoms with van der Waals surface area (Å²) < 4.78 is 14.8. The van der Waals surface area contributed by atoms with E-state index in [4.69, 9.17) is 11.6 Å². The molecule has 118 valence electrons. The van der Waals surface area contributed by atoms with Gasteiger partial charge in [0.2, 0.25) is 5.91 Å². The molecule has 0 unspecified atom stereocenters. The maximum atomic E-state index is 14.8. The first-order chi connectivity index (χ1) is 11.1. The predicted molar refractivity (Wildman–Crippen MR) is 88.9 cm³/mol. The van der Waals surface area contributed by atoms with Crippen molar-refractivity contribution >= 4 is 23.2 Å². The molecule has 1 saturated heterocycles. The van der Waals surface area contributed by atoms with Gasteiger partial charge < -0.3 is 10.6 Å². The zero-order valence-corrected chi connectivity index (χ0v) is 13.1. The highest BCUT2D eigenvalue weighted by molar-refractivity contribution is 6.33. The van der Waals surface area contributed by atoms with Gasteiger partial charge in [-0.1, -0.05) is 41.9 Å². The average molecular weight is 331 g/mol. The van der Waals surface area contributed by atoms with Gasteiger partial charge in [-0.25, -0.2) is 4.39 Å². The van der Waals surface area contributed by atoms with Gasteiger partial charge in [0.1, 0.15) is 0 Å². The molecule has 1 amide bonds. The first-order valence-electron chi connectivity index (χ1n) is 7.73. The Balaban J connectivity index is 1.61. The molecule has 5 heteroatoms. The minimum atomic E-state index is -0.459. The second kappa shape index (κ2) is 5.62. The molecule has 0 aromatic heterocycles. The van der Waals surface area contributed by atoms with E-state index in [0.29, 0.717) is 28.0 Å². The number of benzene rings is 2. The number of anilines is 1. The van der Waals surface area contributed by atoms with Gasteiger partial charge in [0, 0.05) is 16.1 Å². The summed E-state index contributed by atoms with van der Waals surface area (Å²) in [7, 11) is 0. The van der Waals surface area contributed by atoms with Gasteiger partial charge in [-0.3, -0.25) is 4.79 Å². The van der Waals surface area contributed by atoms with Gasteiger partial charge in [0.25, 0.3) is 0 Å². The van der Waals surface area contributed by atoms with Crippen LogP contribution in [0, 0.1) is 17.7 Å². The molecule has 2 aromatic rings. The molecule has 1 aliphatic heterocycles. The number of nitrogens with one attached hydrogen (secondary N) is 2. The summed E-state index contributed by atoms with van der Waals surface area (Å²) in [4.78, 5) is 12.4. The Morgan fingerprint density at radius 2 is 1.96 bits per heavy atom. The van der Waals surface area contributed by atoms with Crippen molar-refractivity contribution in [1.82, 2.24) is 5.32 Å². The third-order valence-electron chi connectivity index (χ3n) is 4.71. The number of carbonyl (C=O) groups is 1. The Labute approximate surface area is 138 Å². The van der Waals surface area contributed by atoms with Gasteiger partial charge in [0.05, 0.1) is 11.7 Å². The Bertz CT molecular complexity index is 779. The van der Waals surface area contributed by atoms with Crippen LogP contribution in [0.1, 0.15) is 6.42 Å². The van der Waals surface area contributed by atoms with E-state index < -0.39 is 5.82 Å². The number of hydrogen-bond donors (Lipinski definition) is 2. The van der Waals surface area contributed by atoms with Crippen LogP contribution in [0.4, 0.5) is 10.1 Å². The van der Waals surface area contributed by atoms with E-state index >= 15 is 0 Å². The van der Waals surface area contributed by atoms with Gasteiger partial charge in [-0.05, 0) is 36.9 Å². The Hall–Kier alpha value is -1.91. The highest BCUT2D eigenvalue weighted by Gasteiger charge is 2.50. The van der Waals surface area contributed by atoms with Crippen LogP contribution in [0.15, 0.2) is 42.5 Å². The summed E-state index contributed by atoms with van der Waals surface area (Å²) in [6.07, 6.45) is 1.09. The van der Waals surface area contributed by atoms with Gasteiger partial charge in [0.15, 0.2) is 5.82 Å². The maximum Gasteiger partial charge on any atom is 0.241 e. The summed E-state index contributed by atoms with van der Waals surface area (Å²) >= 11 is 6.15. The summed E-state index contributed by atoms with van der Waals surface area (Å²) in [5, 5.41) is 6.39. The lowest BCUT2D eigenvalue weighted by Gasteiger charge is -2.15. The minimum absolute atomic E-state index is 0.162. The van der Waals surface area contributed by atoms with Crippen molar-refractivity contribution in [3.63, 3.8) is 0 Å². The van der Waals surface area contributed by atoms with Crippen LogP contribution < -0.4 is 10.6 Å². The SMILES string of the molecule is O=C(Nc1cccc(-c2ccccc2Cl)c1F)[C@H]1NC[C@@H]2C[C@@H]21. The maximum absolute atomic E-state index is 14.8. The molecule has 4 rings (SSSR count). The number of rotatable bonds is 3. The second-order valence-electron chi connectivity index (χ2n) is 6.18. The lowest BCUT2D eigenvalue weighted by atomic mass is 10.0. The minimum Gasteiger partial charge on any atom is -0.322 e. The Morgan fingerprint density at radius 1 is 1.17 bits per heavy atom. The summed E-state index contributed by atoms with van der Waals surface area (Å²) in [6, 6.07) is 11.8. The lowest BCUT2D eigenvalue weighted by molar-refractivity contribution is -0.118. The molecule has 2 aliphatic rings. The number of hydrogen-bond acceptors (Lipinski definition) is 2. The number of halogens is 2. The van der Waals surface area contributed by atoms with Crippen molar-refractivity contribution in [3.05, 3.63) is 53.3 Å². The number of fused-ring (bicyclic) bond motifs is 1. The lowest BCUT2D eigenvalue weighted by Crippen LogP contribution is -2.39. The fourth-order valence-electron chi connectivity index (χ4n) is 3.36. The van der Waals surface area contributed by atoms with Crippen molar-refractivity contribution < 1.29 is 9.18 Å². The number of amides is 1. The molecule has 0 bridgehead atoms. The quantitative estimate of drug-likeness (QED) is 0.901. The monoisotopic (exact) mass is 330 g/mol. The van der Waals surface area contributed by atoms with E-state index in [2.05, 4.69) is 10.6 Å². The van der Waals surface area contributed by atoms with Crippen LogP contribution in [-0.4, -0.2) is 18.5 Å². The second-order valence-corrected chi connectivity index (χ2v) is 6.59. The molecule has 2 fully saturated rings. The normalized spacial score (nSPS) is 25.0. The van der Waals surface area contributed by atoms with Crippen LogP contribution in [0.25, 0.3) is 11.1 Å². The van der Waals surface area contributed by atoms with Crippen LogP contribution >= 0.6 is 11.6 Å². The van der Waals surface area contributed by atoms with E-state index in [1.54, 1.807) is 36.4 Å². The van der Waals surface area contributed by atoms with E-state index in [-0.39, 0.29) is 17.6 Å². The molecule has 23 heavy (non-hydrogen) atoms. The molecular formula is C18H16ClFN2O. The van der Waals surface area contributed by atoms with Crippen molar-refractivity contribution in [1.29, 1.82) is 0 Å². The summed E-state index contributed by atoms with van der Waals surface area (Å²) in [5.74, 6) is 0.402. The van der Waals surface area contributed by atoms with E-state index in [0.717, 1.165) is 13.0 Å². The highest BCUT2D eigenvalue weighted by atomic mass is 35.5. The highest BCUT2D eigenvalue weighted by Crippen LogP contribution is 2.45. The van der Waals surface area contributed by atoms with Crippen LogP contribution in [-0.2, 0) is 4.79 Å². The molecule has 3 atom stereocenters. The molecule has 2 aromatic carbocycles. The largest absolute Gasteiger partial charge is 0.322 e. The standard InChI is InChI=1S/C18H16ClFN2O/c19-14-6-2-1-4-11(14)12-5-3-7-15(16(12)20)22-18(23)17-13-8-10(13)9-21-17/h1-7,10,13,17,21H,8-9H2,(H,22,23)/t10-,13-,17-/m0/s1. The molecule has 2 N–H and O–H groups in total. The van der Waals surface area contributed by atoms with Crippen molar-refractivity contribution in [2.75, 3.05) is 11.9 Å². The average Bonchev–Trinajstić information content (AvgIpc) is 3.20. The van der Waals surface area contributed by atoms with E-state index in [1.165, 1.54) is 0 Å². The fraction of sp³-hybridized carbons (Fsp3) is 0.278. The fourth-order valence-corrected chi connectivity index (χ4v) is 3.60.